The quantitative estimate of drug-likeness (QED) is 0.742. The molecule has 1 atom stereocenters. The third kappa shape index (κ3) is 3.31. The fraction of sp³-hybridized carbons (Fsp3) is 0.385. The number of hydrogen-bond acceptors (Lipinski definition) is 2. The van der Waals surface area contributed by atoms with E-state index >= 15 is 0 Å². The predicted octanol–water partition coefficient (Wildman–Crippen LogP) is 1.58. The number of aromatic nitrogens is 1. The molecule has 0 saturated carbocycles. The summed E-state index contributed by atoms with van der Waals surface area (Å²) in [5, 5.41) is 9.06. The van der Waals surface area contributed by atoms with Crippen LogP contribution in [0.2, 0.25) is 0 Å². The molecule has 0 fully saturated rings. The van der Waals surface area contributed by atoms with E-state index in [0.29, 0.717) is 11.8 Å². The molecule has 0 saturated heterocycles. The molecule has 15 heavy (non-hydrogen) atoms. The lowest BCUT2D eigenvalue weighted by Gasteiger charge is -2.09. The Morgan fingerprint density at radius 2 is 2.07 bits per heavy atom. The van der Waals surface area contributed by atoms with Crippen LogP contribution < -0.4 is 10.6 Å². The van der Waals surface area contributed by atoms with Gasteiger partial charge in [-0.2, -0.15) is 0 Å². The lowest BCUT2D eigenvalue weighted by molar-refractivity contribution is 0.527. The average molecular weight is 202 g/mol. The molecule has 1 rings (SSSR count). The summed E-state index contributed by atoms with van der Waals surface area (Å²) >= 11 is 0. The van der Waals surface area contributed by atoms with Crippen LogP contribution in [0.4, 0.5) is 0 Å². The molecule has 0 amide bonds. The molecule has 0 aromatic carbocycles. The molecule has 0 bridgehead atoms. The van der Waals surface area contributed by atoms with Gasteiger partial charge in [0, 0.05) is 12.4 Å². The largest absolute Gasteiger partial charge is 0.309 e. The van der Waals surface area contributed by atoms with E-state index in [1.807, 2.05) is 12.1 Å². The highest BCUT2D eigenvalue weighted by molar-refractivity contribution is 5.88. The van der Waals surface area contributed by atoms with E-state index in [4.69, 9.17) is 5.41 Å². The maximum absolute atomic E-state index is 7.07. The Morgan fingerprint density at radius 3 is 2.67 bits per heavy atom. The van der Waals surface area contributed by atoms with Crippen LogP contribution in [0, 0.1) is 17.2 Å². The van der Waals surface area contributed by atoms with Crippen LogP contribution in [0.15, 0.2) is 18.3 Å². The van der Waals surface area contributed by atoms with Gasteiger partial charge in [-0.1, -0.05) is 32.9 Å². The minimum absolute atomic E-state index is 0.520. The third-order valence-corrected chi connectivity index (χ3v) is 2.61. The van der Waals surface area contributed by atoms with Gasteiger partial charge in [-0.15, -0.1) is 0 Å². The Morgan fingerprint density at radius 1 is 1.33 bits per heavy atom. The zero-order valence-corrected chi connectivity index (χ0v) is 9.57. The highest BCUT2D eigenvalue weighted by Gasteiger charge is 2.02. The van der Waals surface area contributed by atoms with Crippen LogP contribution in [0.5, 0.6) is 0 Å². The van der Waals surface area contributed by atoms with E-state index < -0.39 is 0 Å². The van der Waals surface area contributed by atoms with Crippen LogP contribution in [-0.4, -0.2) is 11.2 Å². The highest BCUT2D eigenvalue weighted by Crippen LogP contribution is 2.09. The van der Waals surface area contributed by atoms with Gasteiger partial charge in [0.1, 0.15) is 0 Å². The van der Waals surface area contributed by atoms with Crippen molar-refractivity contribution in [3.8, 4) is 0 Å². The third-order valence-electron chi connectivity index (χ3n) is 2.61. The van der Waals surface area contributed by atoms with Crippen molar-refractivity contribution in [2.24, 2.45) is 11.8 Å². The van der Waals surface area contributed by atoms with Crippen molar-refractivity contribution in [2.75, 3.05) is 0 Å². The number of nitrogens with one attached hydrogen (secondary N) is 1. The van der Waals surface area contributed by atoms with Gasteiger partial charge in [0.05, 0.1) is 5.35 Å². The molecule has 0 aliphatic heterocycles. The van der Waals surface area contributed by atoms with Crippen molar-refractivity contribution in [3.63, 3.8) is 0 Å². The van der Waals surface area contributed by atoms with Gasteiger partial charge in [-0.05, 0) is 29.2 Å². The Balaban J connectivity index is 3.25. The van der Waals surface area contributed by atoms with Crippen molar-refractivity contribution < 1.29 is 0 Å². The summed E-state index contributed by atoms with van der Waals surface area (Å²) in [5.41, 5.74) is 0. The smallest absolute Gasteiger partial charge is 0.0713 e. The summed E-state index contributed by atoms with van der Waals surface area (Å²) in [5.74, 6) is 1.14. The Labute approximate surface area is 90.9 Å². The Bertz CT molecular complexity index is 432. The predicted molar refractivity (Wildman–Crippen MR) is 65.2 cm³/mol. The van der Waals surface area contributed by atoms with E-state index in [0.717, 1.165) is 10.6 Å². The summed E-state index contributed by atoms with van der Waals surface area (Å²) in [7, 11) is 0. The summed E-state index contributed by atoms with van der Waals surface area (Å²) < 4.78 is 0. The summed E-state index contributed by atoms with van der Waals surface area (Å²) in [4.78, 5) is 4.24. The molecule has 0 aliphatic rings. The van der Waals surface area contributed by atoms with Gasteiger partial charge in [-0.25, -0.2) is 0 Å². The molecule has 1 aromatic heterocycles. The van der Waals surface area contributed by atoms with E-state index in [1.54, 1.807) is 12.3 Å². The normalized spacial score (nSPS) is 15.7. The molecule has 1 heterocycles. The lowest BCUT2D eigenvalue weighted by atomic mass is 9.97. The molecule has 0 radical (unpaired) electrons. The first-order valence-corrected chi connectivity index (χ1v) is 5.29. The summed E-state index contributed by atoms with van der Waals surface area (Å²) in [6.07, 6.45) is 6.97. The SMILES string of the molecule is CC(C)C(C)/C=c1/cccn/c1=C/C=N. The maximum Gasteiger partial charge on any atom is 0.0713 e. The van der Waals surface area contributed by atoms with Crippen molar-refractivity contribution in [3.05, 3.63) is 28.9 Å². The summed E-state index contributed by atoms with van der Waals surface area (Å²) in [6.45, 7) is 6.61. The molecule has 1 unspecified atom stereocenters. The van der Waals surface area contributed by atoms with Crippen molar-refractivity contribution in [2.45, 2.75) is 20.8 Å². The topological polar surface area (TPSA) is 36.7 Å². The first-order valence-electron chi connectivity index (χ1n) is 5.29. The van der Waals surface area contributed by atoms with Gasteiger partial charge in [0.15, 0.2) is 0 Å². The minimum Gasteiger partial charge on any atom is -0.309 e. The molecular formula is C13H18N2. The number of pyridine rings is 1. The number of rotatable bonds is 3. The van der Waals surface area contributed by atoms with Crippen LogP contribution in [0.1, 0.15) is 20.8 Å². The van der Waals surface area contributed by atoms with E-state index in [2.05, 4.69) is 31.8 Å². The number of hydrogen-bond donors (Lipinski definition) is 1. The molecule has 0 aliphatic carbocycles. The van der Waals surface area contributed by atoms with Gasteiger partial charge in [0.25, 0.3) is 0 Å². The van der Waals surface area contributed by atoms with E-state index in [-0.39, 0.29) is 0 Å². The van der Waals surface area contributed by atoms with Gasteiger partial charge < -0.3 is 5.41 Å². The van der Waals surface area contributed by atoms with Crippen LogP contribution in [0.25, 0.3) is 12.2 Å². The van der Waals surface area contributed by atoms with Crippen LogP contribution in [0.3, 0.4) is 0 Å². The van der Waals surface area contributed by atoms with E-state index in [9.17, 15) is 0 Å². The second-order valence-corrected chi connectivity index (χ2v) is 4.08. The minimum atomic E-state index is 0.520. The Kier molecular flexibility index (Phi) is 4.22. The molecule has 1 aromatic rings. The average Bonchev–Trinajstić information content (AvgIpc) is 2.21. The first kappa shape index (κ1) is 11.6. The van der Waals surface area contributed by atoms with Gasteiger partial charge >= 0.3 is 0 Å². The highest BCUT2D eigenvalue weighted by atomic mass is 14.6. The first-order chi connectivity index (χ1) is 7.15. The van der Waals surface area contributed by atoms with Gasteiger partial charge in [0.2, 0.25) is 0 Å². The summed E-state index contributed by atoms with van der Waals surface area (Å²) in [6, 6.07) is 3.97. The molecule has 0 spiro atoms. The van der Waals surface area contributed by atoms with Gasteiger partial charge in [-0.3, -0.25) is 4.98 Å². The Hall–Kier alpha value is -1.44. The van der Waals surface area contributed by atoms with E-state index in [1.165, 1.54) is 6.21 Å². The molecular weight excluding hydrogens is 184 g/mol. The second-order valence-electron chi connectivity index (χ2n) is 4.08. The monoisotopic (exact) mass is 202 g/mol. The maximum atomic E-state index is 7.07. The van der Waals surface area contributed by atoms with Crippen LogP contribution >= 0.6 is 0 Å². The van der Waals surface area contributed by atoms with Crippen molar-refractivity contribution in [1.29, 1.82) is 5.41 Å². The molecule has 2 nitrogen and oxygen atoms in total. The molecule has 2 heteroatoms. The zero-order chi connectivity index (χ0) is 11.3. The zero-order valence-electron chi connectivity index (χ0n) is 9.57. The fourth-order valence-corrected chi connectivity index (χ4v) is 1.26. The van der Waals surface area contributed by atoms with Crippen LogP contribution in [-0.2, 0) is 0 Å². The lowest BCUT2D eigenvalue weighted by Crippen LogP contribution is -2.28. The second kappa shape index (κ2) is 5.44. The van der Waals surface area contributed by atoms with Crippen molar-refractivity contribution >= 4 is 18.4 Å². The molecule has 1 N–H and O–H groups in total. The standard InChI is InChI=1S/C13H18N2/c1-10(2)11(3)9-12-5-4-8-15-13(12)6-7-14/h4-11,14H,1-3H3/b12-9-,13-6+,14-7?. The van der Waals surface area contributed by atoms with Crippen molar-refractivity contribution in [1.82, 2.24) is 4.98 Å². The fourth-order valence-electron chi connectivity index (χ4n) is 1.26. The number of nitrogens with zero attached hydrogens (tertiary/aromatic N) is 1. The molecule has 80 valence electrons.